The van der Waals surface area contributed by atoms with Crippen molar-refractivity contribution in [3.63, 3.8) is 0 Å². The van der Waals surface area contributed by atoms with E-state index in [0.717, 1.165) is 17.5 Å². The fourth-order valence-corrected chi connectivity index (χ4v) is 3.81. The second kappa shape index (κ2) is 7.25. The standard InChI is InChI=1S/C16H23BrN2O2/c1-11(2)8-12-4-3-5-13(9-12)18-14-6-7-16(19(20)21)15(17)10-14/h6-7,10-13,18H,3-5,8-9H2,1-2H3. The summed E-state index contributed by atoms with van der Waals surface area (Å²) >= 11 is 3.28. The molecule has 1 aromatic carbocycles. The highest BCUT2D eigenvalue weighted by Gasteiger charge is 2.23. The fourth-order valence-electron chi connectivity index (χ4n) is 3.28. The van der Waals surface area contributed by atoms with Crippen LogP contribution in [0.25, 0.3) is 0 Å². The van der Waals surface area contributed by atoms with Crippen LogP contribution < -0.4 is 5.32 Å². The highest BCUT2D eigenvalue weighted by atomic mass is 79.9. The minimum absolute atomic E-state index is 0.113. The van der Waals surface area contributed by atoms with Crippen molar-refractivity contribution in [2.45, 2.75) is 52.0 Å². The molecule has 2 atom stereocenters. The second-order valence-corrected chi connectivity index (χ2v) is 7.28. The maximum Gasteiger partial charge on any atom is 0.283 e. The number of nitro benzene ring substituents is 1. The van der Waals surface area contributed by atoms with Crippen molar-refractivity contribution < 1.29 is 4.92 Å². The van der Waals surface area contributed by atoms with Gasteiger partial charge in [0.15, 0.2) is 0 Å². The lowest BCUT2D eigenvalue weighted by Gasteiger charge is -2.31. The van der Waals surface area contributed by atoms with E-state index in [1.54, 1.807) is 12.1 Å². The molecule has 21 heavy (non-hydrogen) atoms. The van der Waals surface area contributed by atoms with Crippen molar-refractivity contribution in [1.82, 2.24) is 0 Å². The molecule has 0 aromatic heterocycles. The molecule has 0 bridgehead atoms. The van der Waals surface area contributed by atoms with E-state index in [4.69, 9.17) is 0 Å². The molecule has 116 valence electrons. The summed E-state index contributed by atoms with van der Waals surface area (Å²) in [5.41, 5.74) is 1.07. The molecule has 1 saturated carbocycles. The molecule has 0 aliphatic heterocycles. The van der Waals surface area contributed by atoms with E-state index in [-0.39, 0.29) is 10.6 Å². The first-order valence-electron chi connectivity index (χ1n) is 7.66. The Kier molecular flexibility index (Phi) is 5.62. The fraction of sp³-hybridized carbons (Fsp3) is 0.625. The molecule has 1 aliphatic rings. The molecule has 5 heteroatoms. The van der Waals surface area contributed by atoms with Gasteiger partial charge >= 0.3 is 0 Å². The number of hydrogen-bond donors (Lipinski definition) is 1. The lowest BCUT2D eigenvalue weighted by molar-refractivity contribution is -0.385. The van der Waals surface area contributed by atoms with Crippen LogP contribution in [0.4, 0.5) is 11.4 Å². The average Bonchev–Trinajstić information content (AvgIpc) is 2.37. The van der Waals surface area contributed by atoms with Crippen LogP contribution in [0.3, 0.4) is 0 Å². The Morgan fingerprint density at radius 3 is 2.81 bits per heavy atom. The molecule has 2 unspecified atom stereocenters. The van der Waals surface area contributed by atoms with Gasteiger partial charge in [0.25, 0.3) is 5.69 Å². The van der Waals surface area contributed by atoms with E-state index in [1.165, 1.54) is 32.1 Å². The Morgan fingerprint density at radius 2 is 2.19 bits per heavy atom. The third kappa shape index (κ3) is 4.70. The number of nitro groups is 1. The van der Waals surface area contributed by atoms with Crippen LogP contribution in [0.15, 0.2) is 22.7 Å². The molecule has 0 radical (unpaired) electrons. The van der Waals surface area contributed by atoms with Gasteiger partial charge in [-0.1, -0.05) is 26.7 Å². The summed E-state index contributed by atoms with van der Waals surface area (Å²) in [7, 11) is 0. The molecule has 0 spiro atoms. The van der Waals surface area contributed by atoms with Crippen molar-refractivity contribution in [3.05, 3.63) is 32.8 Å². The van der Waals surface area contributed by atoms with Gasteiger partial charge in [-0.05, 0) is 59.2 Å². The number of anilines is 1. The smallest absolute Gasteiger partial charge is 0.283 e. The van der Waals surface area contributed by atoms with Crippen LogP contribution >= 0.6 is 15.9 Å². The number of nitrogens with one attached hydrogen (secondary N) is 1. The highest BCUT2D eigenvalue weighted by molar-refractivity contribution is 9.10. The molecule has 1 fully saturated rings. The number of rotatable bonds is 5. The number of hydrogen-bond acceptors (Lipinski definition) is 3. The third-order valence-corrected chi connectivity index (χ3v) is 4.74. The minimum atomic E-state index is -0.368. The zero-order valence-electron chi connectivity index (χ0n) is 12.6. The largest absolute Gasteiger partial charge is 0.382 e. The summed E-state index contributed by atoms with van der Waals surface area (Å²) in [4.78, 5) is 10.5. The number of halogens is 1. The predicted octanol–water partition coefficient (Wildman–Crippen LogP) is 5.37. The van der Waals surface area contributed by atoms with Gasteiger partial charge in [0, 0.05) is 17.8 Å². The maximum absolute atomic E-state index is 10.8. The highest BCUT2D eigenvalue weighted by Crippen LogP contribution is 2.33. The van der Waals surface area contributed by atoms with Crippen LogP contribution in [-0.4, -0.2) is 11.0 Å². The summed E-state index contributed by atoms with van der Waals surface area (Å²) in [5.74, 6) is 1.56. The first kappa shape index (κ1) is 16.3. The first-order chi connectivity index (χ1) is 9.95. The number of nitrogens with zero attached hydrogens (tertiary/aromatic N) is 1. The van der Waals surface area contributed by atoms with E-state index in [2.05, 4.69) is 35.1 Å². The van der Waals surface area contributed by atoms with Crippen LogP contribution in [0.1, 0.15) is 46.0 Å². The summed E-state index contributed by atoms with van der Waals surface area (Å²) in [5, 5.41) is 14.4. The van der Waals surface area contributed by atoms with Crippen LogP contribution in [-0.2, 0) is 0 Å². The Hall–Kier alpha value is -1.10. The van der Waals surface area contributed by atoms with Gasteiger partial charge in [-0.2, -0.15) is 0 Å². The van der Waals surface area contributed by atoms with Crippen LogP contribution in [0.5, 0.6) is 0 Å². The van der Waals surface area contributed by atoms with Crippen molar-refractivity contribution in [1.29, 1.82) is 0 Å². The molecule has 4 nitrogen and oxygen atoms in total. The summed E-state index contributed by atoms with van der Waals surface area (Å²) in [6.07, 6.45) is 6.28. The lowest BCUT2D eigenvalue weighted by Crippen LogP contribution is -2.27. The SMILES string of the molecule is CC(C)CC1CCCC(Nc2ccc([N+](=O)[O-])c(Br)c2)C1. The molecule has 0 amide bonds. The second-order valence-electron chi connectivity index (χ2n) is 6.43. The Bertz CT molecular complexity index is 505. The zero-order valence-corrected chi connectivity index (χ0v) is 14.2. The van der Waals surface area contributed by atoms with Gasteiger partial charge in [0.2, 0.25) is 0 Å². The molecule has 0 saturated heterocycles. The van der Waals surface area contributed by atoms with E-state index < -0.39 is 0 Å². The molecular formula is C16H23BrN2O2. The molecule has 2 rings (SSSR count). The molecule has 1 N–H and O–H groups in total. The molecule has 1 aliphatic carbocycles. The van der Waals surface area contributed by atoms with Gasteiger partial charge < -0.3 is 5.32 Å². The van der Waals surface area contributed by atoms with E-state index in [9.17, 15) is 10.1 Å². The Labute approximate surface area is 134 Å². The molecule has 0 heterocycles. The number of benzene rings is 1. The van der Waals surface area contributed by atoms with Gasteiger partial charge in [0.1, 0.15) is 0 Å². The third-order valence-electron chi connectivity index (χ3n) is 4.10. The first-order valence-corrected chi connectivity index (χ1v) is 8.45. The molecule has 1 aromatic rings. The van der Waals surface area contributed by atoms with E-state index >= 15 is 0 Å². The van der Waals surface area contributed by atoms with Gasteiger partial charge in [-0.3, -0.25) is 10.1 Å². The summed E-state index contributed by atoms with van der Waals surface area (Å²) in [6.45, 7) is 4.56. The average molecular weight is 355 g/mol. The summed E-state index contributed by atoms with van der Waals surface area (Å²) in [6, 6.07) is 5.65. The zero-order chi connectivity index (χ0) is 15.4. The quantitative estimate of drug-likeness (QED) is 0.570. The Balaban J connectivity index is 1.98. The van der Waals surface area contributed by atoms with Crippen LogP contribution in [0, 0.1) is 22.0 Å². The van der Waals surface area contributed by atoms with Gasteiger partial charge in [0.05, 0.1) is 9.40 Å². The molecular weight excluding hydrogens is 332 g/mol. The van der Waals surface area contributed by atoms with Crippen molar-refractivity contribution >= 4 is 27.3 Å². The topological polar surface area (TPSA) is 55.2 Å². The van der Waals surface area contributed by atoms with Gasteiger partial charge in [-0.15, -0.1) is 0 Å². The monoisotopic (exact) mass is 354 g/mol. The van der Waals surface area contributed by atoms with Crippen LogP contribution in [0.2, 0.25) is 0 Å². The van der Waals surface area contributed by atoms with Gasteiger partial charge in [-0.25, -0.2) is 0 Å². The van der Waals surface area contributed by atoms with Crippen molar-refractivity contribution in [2.24, 2.45) is 11.8 Å². The maximum atomic E-state index is 10.8. The van der Waals surface area contributed by atoms with E-state index in [1.807, 2.05) is 6.07 Å². The Morgan fingerprint density at radius 1 is 1.43 bits per heavy atom. The van der Waals surface area contributed by atoms with E-state index in [0.29, 0.717) is 10.5 Å². The van der Waals surface area contributed by atoms with Crippen molar-refractivity contribution in [3.8, 4) is 0 Å². The summed E-state index contributed by atoms with van der Waals surface area (Å²) < 4.78 is 0.534. The predicted molar refractivity (Wildman–Crippen MR) is 89.6 cm³/mol. The van der Waals surface area contributed by atoms with Crippen molar-refractivity contribution in [2.75, 3.05) is 5.32 Å². The minimum Gasteiger partial charge on any atom is -0.382 e. The normalized spacial score (nSPS) is 22.3. The lowest BCUT2D eigenvalue weighted by atomic mass is 9.81.